The van der Waals surface area contributed by atoms with Gasteiger partial charge in [0.15, 0.2) is 0 Å². The molecule has 4 nitrogen and oxygen atoms in total. The van der Waals surface area contributed by atoms with Crippen LogP contribution in [0, 0.1) is 0 Å². The lowest BCUT2D eigenvalue weighted by molar-refractivity contribution is 0.111. The predicted octanol–water partition coefficient (Wildman–Crippen LogP) is 4.98. The van der Waals surface area contributed by atoms with Crippen LogP contribution in [-0.4, -0.2) is 35.4 Å². The van der Waals surface area contributed by atoms with E-state index >= 15 is 0 Å². The highest BCUT2D eigenvalue weighted by molar-refractivity contribution is 6.11. The Morgan fingerprint density at radius 1 is 0.893 bits per heavy atom. The maximum atomic E-state index is 10.6. The van der Waals surface area contributed by atoms with Crippen molar-refractivity contribution in [2.24, 2.45) is 0 Å². The van der Waals surface area contributed by atoms with Gasteiger partial charge >= 0.3 is 0 Å². The third-order valence-corrected chi connectivity index (χ3v) is 5.05. The molecule has 2 N–H and O–H groups in total. The van der Waals surface area contributed by atoms with Crippen LogP contribution in [-0.2, 0) is 0 Å². The molecule has 1 atom stereocenters. The van der Waals surface area contributed by atoms with Gasteiger partial charge in [-0.15, -0.1) is 0 Å². The van der Waals surface area contributed by atoms with Crippen LogP contribution in [0.25, 0.3) is 21.8 Å². The Bertz CT molecular complexity index is 1060. The van der Waals surface area contributed by atoms with Gasteiger partial charge in [0, 0.05) is 28.9 Å². The molecule has 1 unspecified atom stereocenters. The number of rotatable bonds is 7. The van der Waals surface area contributed by atoms with Crippen molar-refractivity contribution in [2.45, 2.75) is 26.0 Å². The highest BCUT2D eigenvalue weighted by Gasteiger charge is 2.19. The zero-order valence-corrected chi connectivity index (χ0v) is 16.3. The number of H-pyrrole nitrogens is 1. The summed E-state index contributed by atoms with van der Waals surface area (Å²) in [4.78, 5) is 5.79. The Kier molecular flexibility index (Phi) is 5.22. The zero-order chi connectivity index (χ0) is 19.5. The first kappa shape index (κ1) is 18.4. The predicted molar refractivity (Wildman–Crippen MR) is 116 cm³/mol. The van der Waals surface area contributed by atoms with Crippen LogP contribution < -0.4 is 9.64 Å². The summed E-state index contributed by atoms with van der Waals surface area (Å²) in [6.07, 6.45) is -0.595. The lowest BCUT2D eigenvalue weighted by Crippen LogP contribution is -2.40. The summed E-state index contributed by atoms with van der Waals surface area (Å²) in [5, 5.41) is 13.0. The molecule has 0 aliphatic carbocycles. The molecule has 1 aromatic heterocycles. The molecule has 0 fully saturated rings. The maximum absolute atomic E-state index is 10.6. The summed E-state index contributed by atoms with van der Waals surface area (Å²) < 4.78 is 5.74. The highest BCUT2D eigenvalue weighted by atomic mass is 16.5. The summed E-state index contributed by atoms with van der Waals surface area (Å²) in [5.74, 6) is 0.773. The van der Waals surface area contributed by atoms with E-state index in [1.54, 1.807) is 0 Å². The lowest BCUT2D eigenvalue weighted by atomic mass is 10.1. The molecule has 28 heavy (non-hydrogen) atoms. The van der Waals surface area contributed by atoms with Crippen molar-refractivity contribution >= 4 is 27.5 Å². The number of aromatic nitrogens is 1. The fourth-order valence-corrected chi connectivity index (χ4v) is 3.67. The molecule has 1 heterocycles. The molecule has 4 heteroatoms. The van der Waals surface area contributed by atoms with Crippen LogP contribution in [0.5, 0.6) is 5.75 Å². The monoisotopic (exact) mass is 374 g/mol. The number of nitrogens with one attached hydrogen (secondary N) is 1. The van der Waals surface area contributed by atoms with E-state index in [9.17, 15) is 5.11 Å². The number of nitrogens with zero attached hydrogens (tertiary/aromatic N) is 1. The van der Waals surface area contributed by atoms with Gasteiger partial charge in [-0.25, -0.2) is 0 Å². The van der Waals surface area contributed by atoms with Crippen LogP contribution in [0.2, 0.25) is 0 Å². The molecule has 0 aliphatic heterocycles. The van der Waals surface area contributed by atoms with E-state index in [-0.39, 0.29) is 12.6 Å². The van der Waals surface area contributed by atoms with Gasteiger partial charge in [-0.2, -0.15) is 0 Å². The summed E-state index contributed by atoms with van der Waals surface area (Å²) in [7, 11) is 0. The summed E-state index contributed by atoms with van der Waals surface area (Å²) in [6.45, 7) is 5.05. The van der Waals surface area contributed by atoms with Crippen molar-refractivity contribution in [3.05, 3.63) is 72.8 Å². The van der Waals surface area contributed by atoms with Crippen LogP contribution in [0.15, 0.2) is 72.8 Å². The van der Waals surface area contributed by atoms with Crippen molar-refractivity contribution in [3.63, 3.8) is 0 Å². The van der Waals surface area contributed by atoms with E-state index in [1.807, 2.05) is 36.4 Å². The van der Waals surface area contributed by atoms with Crippen molar-refractivity contribution in [1.29, 1.82) is 0 Å². The molecular formula is C24H26N2O2. The summed E-state index contributed by atoms with van der Waals surface area (Å²) in [5.41, 5.74) is 3.33. The van der Waals surface area contributed by atoms with Crippen LogP contribution in [0.1, 0.15) is 13.8 Å². The number of para-hydroxylation sites is 3. The van der Waals surface area contributed by atoms with E-state index in [0.29, 0.717) is 6.54 Å². The molecule has 4 rings (SSSR count). The van der Waals surface area contributed by atoms with Crippen LogP contribution in [0.4, 0.5) is 5.69 Å². The smallest absolute Gasteiger partial charge is 0.119 e. The zero-order valence-electron chi connectivity index (χ0n) is 16.3. The standard InChI is InChI=1S/C24H26N2O2/c1-17(2)26(15-18(27)16-28-19-9-4-3-5-10-19)23-14-8-12-21-20-11-6-7-13-22(20)25-24(21)23/h3-14,17-18,25,27H,15-16H2,1-2H3. The van der Waals surface area contributed by atoms with E-state index < -0.39 is 6.10 Å². The van der Waals surface area contributed by atoms with Gasteiger partial charge in [0.2, 0.25) is 0 Å². The number of anilines is 1. The molecule has 0 spiro atoms. The fourth-order valence-electron chi connectivity index (χ4n) is 3.67. The largest absolute Gasteiger partial charge is 0.491 e. The Morgan fingerprint density at radius 3 is 2.39 bits per heavy atom. The minimum Gasteiger partial charge on any atom is -0.491 e. The quantitative estimate of drug-likeness (QED) is 0.480. The second kappa shape index (κ2) is 7.95. The number of ether oxygens (including phenoxy) is 1. The number of aliphatic hydroxyl groups is 1. The van der Waals surface area contributed by atoms with Crippen LogP contribution >= 0.6 is 0 Å². The topological polar surface area (TPSA) is 48.5 Å². The molecule has 0 bridgehead atoms. The van der Waals surface area contributed by atoms with Crippen molar-refractivity contribution in [3.8, 4) is 5.75 Å². The van der Waals surface area contributed by atoms with Gasteiger partial charge in [-0.1, -0.05) is 48.5 Å². The molecule has 144 valence electrons. The Hall–Kier alpha value is -2.98. The molecule has 4 aromatic rings. The Morgan fingerprint density at radius 2 is 1.61 bits per heavy atom. The number of hydrogen-bond donors (Lipinski definition) is 2. The van der Waals surface area contributed by atoms with E-state index in [4.69, 9.17) is 4.74 Å². The van der Waals surface area contributed by atoms with Crippen molar-refractivity contribution in [1.82, 2.24) is 4.98 Å². The summed E-state index contributed by atoms with van der Waals surface area (Å²) in [6, 6.07) is 24.5. The van der Waals surface area contributed by atoms with E-state index in [0.717, 1.165) is 22.5 Å². The van der Waals surface area contributed by atoms with Gasteiger partial charge in [0.1, 0.15) is 18.5 Å². The first-order valence-corrected chi connectivity index (χ1v) is 9.75. The van der Waals surface area contributed by atoms with E-state index in [1.165, 1.54) is 10.8 Å². The van der Waals surface area contributed by atoms with Crippen molar-refractivity contribution in [2.75, 3.05) is 18.1 Å². The SMILES string of the molecule is CC(C)N(CC(O)COc1ccccc1)c1cccc2c1[nH]c1ccccc12. The lowest BCUT2D eigenvalue weighted by Gasteiger charge is -2.31. The normalized spacial score (nSPS) is 12.6. The first-order chi connectivity index (χ1) is 13.6. The molecule has 0 radical (unpaired) electrons. The molecule has 0 aliphatic rings. The van der Waals surface area contributed by atoms with Gasteiger partial charge in [-0.3, -0.25) is 0 Å². The molecule has 0 saturated heterocycles. The minimum absolute atomic E-state index is 0.239. The molecule has 0 amide bonds. The number of fused-ring (bicyclic) bond motifs is 3. The number of aromatic amines is 1. The number of hydrogen-bond acceptors (Lipinski definition) is 3. The maximum Gasteiger partial charge on any atom is 0.119 e. The third-order valence-electron chi connectivity index (χ3n) is 5.05. The molecular weight excluding hydrogens is 348 g/mol. The van der Waals surface area contributed by atoms with Gasteiger partial charge in [0.05, 0.1) is 11.2 Å². The fraction of sp³-hybridized carbons (Fsp3) is 0.250. The first-order valence-electron chi connectivity index (χ1n) is 9.75. The molecule has 0 saturated carbocycles. The average Bonchev–Trinajstić information content (AvgIpc) is 3.10. The average molecular weight is 374 g/mol. The van der Waals surface area contributed by atoms with Gasteiger partial charge in [-0.05, 0) is 38.1 Å². The third kappa shape index (κ3) is 3.69. The number of aliphatic hydroxyl groups excluding tert-OH is 1. The van der Waals surface area contributed by atoms with Gasteiger partial charge in [0.25, 0.3) is 0 Å². The minimum atomic E-state index is -0.595. The van der Waals surface area contributed by atoms with Crippen LogP contribution in [0.3, 0.4) is 0 Å². The van der Waals surface area contributed by atoms with E-state index in [2.05, 4.69) is 60.1 Å². The van der Waals surface area contributed by atoms with Crippen molar-refractivity contribution < 1.29 is 9.84 Å². The Labute approximate surface area is 165 Å². The second-order valence-corrected chi connectivity index (χ2v) is 7.39. The molecule has 3 aromatic carbocycles. The second-order valence-electron chi connectivity index (χ2n) is 7.39. The highest BCUT2D eigenvalue weighted by Crippen LogP contribution is 2.33. The van der Waals surface area contributed by atoms with Gasteiger partial charge < -0.3 is 19.7 Å². The Balaban J connectivity index is 1.59. The number of benzene rings is 3. The summed E-state index contributed by atoms with van der Waals surface area (Å²) >= 11 is 0.